The minimum absolute atomic E-state index is 1.05. The Kier molecular flexibility index (Phi) is 11.7. The second kappa shape index (κ2) is 14.5. The molecule has 0 aliphatic carbocycles. The Bertz CT molecular complexity index is 982. The van der Waals surface area contributed by atoms with Gasteiger partial charge in [-0.3, -0.25) is 0 Å². The molecule has 0 saturated carbocycles. The number of aryl methyl sites for hydroxylation is 2. The van der Waals surface area contributed by atoms with E-state index in [9.17, 15) is 0 Å². The largest absolute Gasteiger partial charge is 0.372 e. The highest BCUT2D eigenvalue weighted by molar-refractivity contribution is 9.11. The quantitative estimate of drug-likeness (QED) is 0.167. The normalized spacial score (nSPS) is 11.3. The Hall–Kier alpha value is -1.10. The van der Waals surface area contributed by atoms with Gasteiger partial charge in [-0.05, 0) is 96.4 Å². The molecule has 0 aliphatic rings. The van der Waals surface area contributed by atoms with Crippen molar-refractivity contribution in [3.8, 4) is 20.2 Å². The third kappa shape index (κ3) is 7.45. The van der Waals surface area contributed by atoms with Crippen molar-refractivity contribution < 1.29 is 0 Å². The SMILES string of the molecule is CCCCCCc1cc(Br)sc1-c1sc(-c2ccc(N(CC)CC)cc2)cc1CCCCCC. The van der Waals surface area contributed by atoms with Gasteiger partial charge in [0.15, 0.2) is 0 Å². The number of halogens is 1. The lowest BCUT2D eigenvalue weighted by Crippen LogP contribution is -2.21. The second-order valence-corrected chi connectivity index (χ2v) is 12.7. The van der Waals surface area contributed by atoms with Crippen LogP contribution in [0.15, 0.2) is 40.2 Å². The number of nitrogens with zero attached hydrogens (tertiary/aromatic N) is 1. The lowest BCUT2D eigenvalue weighted by atomic mass is 10.0. The van der Waals surface area contributed by atoms with Crippen molar-refractivity contribution in [2.75, 3.05) is 18.0 Å². The summed E-state index contributed by atoms with van der Waals surface area (Å²) in [5, 5.41) is 0. The maximum atomic E-state index is 3.81. The smallest absolute Gasteiger partial charge is 0.0708 e. The zero-order valence-corrected chi connectivity index (χ0v) is 24.8. The van der Waals surface area contributed by atoms with Crippen LogP contribution < -0.4 is 4.90 Å². The highest BCUT2D eigenvalue weighted by atomic mass is 79.9. The molecular formula is C30H42BrNS2. The molecule has 34 heavy (non-hydrogen) atoms. The molecule has 0 radical (unpaired) electrons. The molecule has 1 nitrogen and oxygen atoms in total. The first-order chi connectivity index (χ1) is 16.6. The Morgan fingerprint density at radius 2 is 1.24 bits per heavy atom. The van der Waals surface area contributed by atoms with Crippen LogP contribution in [0.1, 0.15) is 90.2 Å². The fraction of sp³-hybridized carbons (Fsp3) is 0.533. The average Bonchev–Trinajstić information content (AvgIpc) is 3.44. The van der Waals surface area contributed by atoms with Crippen LogP contribution >= 0.6 is 38.6 Å². The number of unbranched alkanes of at least 4 members (excludes halogenated alkanes) is 6. The Balaban J connectivity index is 1.91. The summed E-state index contributed by atoms with van der Waals surface area (Å²) in [7, 11) is 0. The first kappa shape index (κ1) is 27.5. The van der Waals surface area contributed by atoms with Crippen LogP contribution in [-0.2, 0) is 12.8 Å². The lowest BCUT2D eigenvalue weighted by Gasteiger charge is -2.21. The Morgan fingerprint density at radius 1 is 0.676 bits per heavy atom. The van der Waals surface area contributed by atoms with E-state index >= 15 is 0 Å². The Labute approximate surface area is 224 Å². The second-order valence-electron chi connectivity index (χ2n) is 9.21. The van der Waals surface area contributed by atoms with Gasteiger partial charge in [0, 0.05) is 33.4 Å². The summed E-state index contributed by atoms with van der Waals surface area (Å²) in [6, 6.07) is 14.1. The van der Waals surface area contributed by atoms with E-state index in [2.05, 4.69) is 84.9 Å². The first-order valence-electron chi connectivity index (χ1n) is 13.4. The molecule has 0 unspecified atom stereocenters. The van der Waals surface area contributed by atoms with Gasteiger partial charge < -0.3 is 4.90 Å². The molecule has 2 heterocycles. The third-order valence-electron chi connectivity index (χ3n) is 6.67. The van der Waals surface area contributed by atoms with Gasteiger partial charge in [-0.15, -0.1) is 22.7 Å². The van der Waals surface area contributed by atoms with Crippen molar-refractivity contribution >= 4 is 44.3 Å². The van der Waals surface area contributed by atoms with Crippen LogP contribution in [0.25, 0.3) is 20.2 Å². The number of rotatable bonds is 15. The number of thiophene rings is 2. The number of benzene rings is 1. The molecule has 186 valence electrons. The van der Waals surface area contributed by atoms with Crippen LogP contribution in [0.2, 0.25) is 0 Å². The van der Waals surface area contributed by atoms with Gasteiger partial charge >= 0.3 is 0 Å². The molecule has 0 fully saturated rings. The maximum Gasteiger partial charge on any atom is 0.0708 e. The van der Waals surface area contributed by atoms with Gasteiger partial charge in [0.05, 0.1) is 3.79 Å². The summed E-state index contributed by atoms with van der Waals surface area (Å²) in [6.07, 6.45) is 12.9. The van der Waals surface area contributed by atoms with Gasteiger partial charge in [0.25, 0.3) is 0 Å². The molecule has 0 aliphatic heterocycles. The van der Waals surface area contributed by atoms with Crippen LogP contribution in [0.4, 0.5) is 5.69 Å². The standard InChI is InChI=1S/C30H42BrNS2/c1-5-9-11-13-15-24-21-27(23-17-19-26(20-18-23)32(7-3)8-4)33-29(24)30-25(22-28(31)34-30)16-14-12-10-6-2/h17-22H,5-16H2,1-4H3. The number of hydrogen-bond acceptors (Lipinski definition) is 3. The van der Waals surface area contributed by atoms with Crippen LogP contribution in [-0.4, -0.2) is 13.1 Å². The van der Waals surface area contributed by atoms with Crippen LogP contribution in [0.5, 0.6) is 0 Å². The highest BCUT2D eigenvalue weighted by Gasteiger charge is 2.18. The van der Waals surface area contributed by atoms with Crippen LogP contribution in [0, 0.1) is 0 Å². The van der Waals surface area contributed by atoms with Crippen molar-refractivity contribution in [1.29, 1.82) is 0 Å². The van der Waals surface area contributed by atoms with E-state index in [4.69, 9.17) is 0 Å². The zero-order valence-electron chi connectivity index (χ0n) is 21.6. The molecule has 0 bridgehead atoms. The molecule has 0 saturated heterocycles. The molecule has 2 aromatic heterocycles. The van der Waals surface area contributed by atoms with Crippen LogP contribution in [0.3, 0.4) is 0 Å². The molecule has 1 aromatic carbocycles. The summed E-state index contributed by atoms with van der Waals surface area (Å²) in [4.78, 5) is 6.84. The van der Waals surface area contributed by atoms with Crippen molar-refractivity contribution in [3.05, 3.63) is 51.3 Å². The molecule has 0 atom stereocenters. The minimum atomic E-state index is 1.05. The van der Waals surface area contributed by atoms with Crippen molar-refractivity contribution in [1.82, 2.24) is 0 Å². The van der Waals surface area contributed by atoms with E-state index in [1.165, 1.54) is 99.4 Å². The average molecular weight is 561 g/mol. The molecule has 0 N–H and O–H groups in total. The molecule has 3 rings (SSSR count). The predicted octanol–water partition coefficient (Wildman–Crippen LogP) is 11.0. The first-order valence-corrected chi connectivity index (χ1v) is 15.8. The molecule has 4 heteroatoms. The van der Waals surface area contributed by atoms with E-state index in [0.29, 0.717) is 0 Å². The summed E-state index contributed by atoms with van der Waals surface area (Å²) in [5.74, 6) is 0. The lowest BCUT2D eigenvalue weighted by molar-refractivity contribution is 0.666. The van der Waals surface area contributed by atoms with Crippen molar-refractivity contribution in [2.45, 2.75) is 91.9 Å². The van der Waals surface area contributed by atoms with E-state index in [1.807, 2.05) is 22.7 Å². The fourth-order valence-corrected chi connectivity index (χ4v) is 7.75. The minimum Gasteiger partial charge on any atom is -0.372 e. The van der Waals surface area contributed by atoms with E-state index < -0.39 is 0 Å². The van der Waals surface area contributed by atoms with E-state index in [1.54, 1.807) is 5.56 Å². The molecular weight excluding hydrogens is 518 g/mol. The molecule has 3 aromatic rings. The Morgan fingerprint density at radius 3 is 1.79 bits per heavy atom. The number of hydrogen-bond donors (Lipinski definition) is 0. The highest BCUT2D eigenvalue weighted by Crippen LogP contribution is 2.45. The summed E-state index contributed by atoms with van der Waals surface area (Å²) >= 11 is 7.74. The van der Waals surface area contributed by atoms with Gasteiger partial charge in [-0.2, -0.15) is 0 Å². The van der Waals surface area contributed by atoms with Gasteiger partial charge in [-0.1, -0.05) is 64.5 Å². The maximum absolute atomic E-state index is 3.81. The van der Waals surface area contributed by atoms with Crippen molar-refractivity contribution in [2.24, 2.45) is 0 Å². The van der Waals surface area contributed by atoms with Gasteiger partial charge in [0.1, 0.15) is 0 Å². The van der Waals surface area contributed by atoms with Gasteiger partial charge in [0.2, 0.25) is 0 Å². The van der Waals surface area contributed by atoms with Crippen molar-refractivity contribution in [3.63, 3.8) is 0 Å². The zero-order chi connectivity index (χ0) is 24.3. The molecule has 0 spiro atoms. The van der Waals surface area contributed by atoms with Gasteiger partial charge in [-0.25, -0.2) is 0 Å². The molecule has 0 amide bonds. The summed E-state index contributed by atoms with van der Waals surface area (Å²) < 4.78 is 1.27. The van der Waals surface area contributed by atoms with E-state index in [0.717, 1.165) is 13.1 Å². The topological polar surface area (TPSA) is 3.24 Å². The van der Waals surface area contributed by atoms with E-state index in [-0.39, 0.29) is 0 Å². The monoisotopic (exact) mass is 559 g/mol. The fourth-order valence-electron chi connectivity index (χ4n) is 4.63. The number of anilines is 1. The summed E-state index contributed by atoms with van der Waals surface area (Å²) in [5.41, 5.74) is 5.75. The summed E-state index contributed by atoms with van der Waals surface area (Å²) in [6.45, 7) is 11.1. The third-order valence-corrected chi connectivity index (χ3v) is 9.74. The predicted molar refractivity (Wildman–Crippen MR) is 160 cm³/mol.